The second kappa shape index (κ2) is 5.14. The Kier molecular flexibility index (Phi) is 3.57. The molecule has 6 nitrogen and oxygen atoms in total. The molecule has 1 aromatic rings. The standard InChI is InChI=1S/C12H16N2O4/c1-13-12(16)6-14(2)5-8-3-10-11(4-9(8)15)18-7-17-10/h3-4,15H,5-7H2,1-2H3,(H,13,16). The van der Waals surface area contributed by atoms with E-state index < -0.39 is 0 Å². The predicted octanol–water partition coefficient (Wildman–Crippen LogP) is 0.299. The first-order valence-electron chi connectivity index (χ1n) is 5.60. The molecule has 0 saturated heterocycles. The van der Waals surface area contributed by atoms with Gasteiger partial charge in [0.1, 0.15) is 5.75 Å². The van der Waals surface area contributed by atoms with Gasteiger partial charge in [-0.15, -0.1) is 0 Å². The molecular formula is C12H16N2O4. The van der Waals surface area contributed by atoms with E-state index in [1.165, 1.54) is 6.07 Å². The summed E-state index contributed by atoms with van der Waals surface area (Å²) in [7, 11) is 3.40. The lowest BCUT2D eigenvalue weighted by atomic mass is 10.1. The maximum Gasteiger partial charge on any atom is 0.233 e. The molecule has 0 bridgehead atoms. The first-order chi connectivity index (χ1) is 8.60. The van der Waals surface area contributed by atoms with Crippen LogP contribution >= 0.6 is 0 Å². The van der Waals surface area contributed by atoms with Crippen LogP contribution in [-0.2, 0) is 11.3 Å². The van der Waals surface area contributed by atoms with Crippen molar-refractivity contribution in [1.29, 1.82) is 0 Å². The first kappa shape index (κ1) is 12.5. The summed E-state index contributed by atoms with van der Waals surface area (Å²) in [6.45, 7) is 0.895. The molecule has 0 fully saturated rings. The van der Waals surface area contributed by atoms with E-state index in [0.29, 0.717) is 23.6 Å². The van der Waals surface area contributed by atoms with Crippen molar-refractivity contribution in [1.82, 2.24) is 10.2 Å². The van der Waals surface area contributed by atoms with Gasteiger partial charge >= 0.3 is 0 Å². The number of hydrogen-bond acceptors (Lipinski definition) is 5. The van der Waals surface area contributed by atoms with Crippen LogP contribution in [-0.4, -0.2) is 43.3 Å². The Morgan fingerprint density at radius 2 is 2.11 bits per heavy atom. The molecule has 0 aromatic heterocycles. The van der Waals surface area contributed by atoms with Crippen LogP contribution in [0.15, 0.2) is 12.1 Å². The molecular weight excluding hydrogens is 236 g/mol. The van der Waals surface area contributed by atoms with Gasteiger partial charge in [-0.1, -0.05) is 0 Å². The van der Waals surface area contributed by atoms with Gasteiger partial charge in [0.2, 0.25) is 12.7 Å². The van der Waals surface area contributed by atoms with Gasteiger partial charge in [-0.3, -0.25) is 9.69 Å². The van der Waals surface area contributed by atoms with Crippen LogP contribution in [0.25, 0.3) is 0 Å². The summed E-state index contributed by atoms with van der Waals surface area (Å²) in [5.74, 6) is 1.24. The third kappa shape index (κ3) is 2.65. The van der Waals surface area contributed by atoms with Crippen molar-refractivity contribution in [3.05, 3.63) is 17.7 Å². The highest BCUT2D eigenvalue weighted by molar-refractivity contribution is 5.77. The Morgan fingerprint density at radius 1 is 1.44 bits per heavy atom. The number of amides is 1. The number of rotatable bonds is 4. The van der Waals surface area contributed by atoms with E-state index in [1.807, 2.05) is 0 Å². The number of carbonyl (C=O) groups excluding carboxylic acids is 1. The molecule has 1 heterocycles. The van der Waals surface area contributed by atoms with Gasteiger partial charge in [-0.05, 0) is 13.1 Å². The lowest BCUT2D eigenvalue weighted by molar-refractivity contribution is -0.121. The molecule has 0 radical (unpaired) electrons. The lowest BCUT2D eigenvalue weighted by Crippen LogP contribution is -2.32. The summed E-state index contributed by atoms with van der Waals surface area (Å²) in [5, 5.41) is 12.4. The van der Waals surface area contributed by atoms with Crippen molar-refractivity contribution >= 4 is 5.91 Å². The molecule has 18 heavy (non-hydrogen) atoms. The number of ether oxygens (including phenoxy) is 2. The van der Waals surface area contributed by atoms with Gasteiger partial charge in [0.25, 0.3) is 0 Å². The highest BCUT2D eigenvalue weighted by atomic mass is 16.7. The maximum absolute atomic E-state index is 11.2. The van der Waals surface area contributed by atoms with Gasteiger partial charge in [0, 0.05) is 25.2 Å². The Labute approximate surface area is 105 Å². The van der Waals surface area contributed by atoms with Crippen LogP contribution in [0.1, 0.15) is 5.56 Å². The van der Waals surface area contributed by atoms with Crippen LogP contribution in [0.4, 0.5) is 0 Å². The summed E-state index contributed by atoms with van der Waals surface area (Å²) >= 11 is 0. The van der Waals surface area contributed by atoms with Crippen molar-refractivity contribution in [2.45, 2.75) is 6.54 Å². The van der Waals surface area contributed by atoms with Gasteiger partial charge in [-0.25, -0.2) is 0 Å². The number of phenols is 1. The molecule has 2 rings (SSSR count). The van der Waals surface area contributed by atoms with Crippen LogP contribution in [0, 0.1) is 0 Å². The largest absolute Gasteiger partial charge is 0.507 e. The van der Waals surface area contributed by atoms with Crippen molar-refractivity contribution in [3.8, 4) is 17.2 Å². The van der Waals surface area contributed by atoms with E-state index in [9.17, 15) is 9.90 Å². The number of nitrogens with one attached hydrogen (secondary N) is 1. The van der Waals surface area contributed by atoms with Crippen LogP contribution in [0.2, 0.25) is 0 Å². The van der Waals surface area contributed by atoms with Gasteiger partial charge in [-0.2, -0.15) is 0 Å². The molecule has 1 aromatic carbocycles. The SMILES string of the molecule is CNC(=O)CN(C)Cc1cc2c(cc1O)OCO2. The van der Waals surface area contributed by atoms with Crippen molar-refractivity contribution in [2.75, 3.05) is 27.4 Å². The van der Waals surface area contributed by atoms with Crippen LogP contribution in [0.5, 0.6) is 17.2 Å². The number of fused-ring (bicyclic) bond motifs is 1. The molecule has 0 atom stereocenters. The van der Waals surface area contributed by atoms with E-state index in [4.69, 9.17) is 9.47 Å². The van der Waals surface area contributed by atoms with E-state index in [1.54, 1.807) is 25.1 Å². The average molecular weight is 252 g/mol. The van der Waals surface area contributed by atoms with Crippen molar-refractivity contribution in [2.24, 2.45) is 0 Å². The molecule has 0 spiro atoms. The van der Waals surface area contributed by atoms with Crippen LogP contribution in [0.3, 0.4) is 0 Å². The summed E-state index contributed by atoms with van der Waals surface area (Å²) in [6.07, 6.45) is 0. The number of aromatic hydroxyl groups is 1. The zero-order chi connectivity index (χ0) is 13.1. The molecule has 1 aliphatic rings. The van der Waals surface area contributed by atoms with E-state index >= 15 is 0 Å². The zero-order valence-electron chi connectivity index (χ0n) is 10.4. The monoisotopic (exact) mass is 252 g/mol. The Morgan fingerprint density at radius 3 is 2.78 bits per heavy atom. The Hall–Kier alpha value is -1.95. The van der Waals surface area contributed by atoms with Crippen LogP contribution < -0.4 is 14.8 Å². The summed E-state index contributed by atoms with van der Waals surface area (Å²) in [6, 6.07) is 3.27. The number of carbonyl (C=O) groups is 1. The molecule has 1 aliphatic heterocycles. The zero-order valence-corrected chi connectivity index (χ0v) is 10.4. The van der Waals surface area contributed by atoms with Crippen molar-refractivity contribution in [3.63, 3.8) is 0 Å². The maximum atomic E-state index is 11.2. The quantitative estimate of drug-likeness (QED) is 0.806. The fraction of sp³-hybridized carbons (Fsp3) is 0.417. The molecule has 0 saturated carbocycles. The van der Waals surface area contributed by atoms with Gasteiger partial charge in [0.05, 0.1) is 6.54 Å². The second-order valence-corrected chi connectivity index (χ2v) is 4.18. The minimum atomic E-state index is -0.0715. The predicted molar refractivity (Wildman–Crippen MR) is 64.6 cm³/mol. The number of likely N-dealkylation sites (N-methyl/N-ethyl adjacent to an activating group) is 2. The number of nitrogens with zero attached hydrogens (tertiary/aromatic N) is 1. The Bertz CT molecular complexity index is 462. The number of phenolic OH excluding ortho intramolecular Hbond substituents is 1. The van der Waals surface area contributed by atoms with E-state index in [2.05, 4.69) is 5.32 Å². The van der Waals surface area contributed by atoms with Gasteiger partial charge in [0.15, 0.2) is 11.5 Å². The average Bonchev–Trinajstić information content (AvgIpc) is 2.76. The molecule has 98 valence electrons. The molecule has 2 N–H and O–H groups in total. The molecule has 6 heteroatoms. The third-order valence-corrected chi connectivity index (χ3v) is 2.71. The molecule has 1 amide bonds. The Balaban J connectivity index is 2.07. The molecule has 0 aliphatic carbocycles. The topological polar surface area (TPSA) is 71.0 Å². The second-order valence-electron chi connectivity index (χ2n) is 4.18. The van der Waals surface area contributed by atoms with E-state index in [0.717, 1.165) is 0 Å². The highest BCUT2D eigenvalue weighted by Crippen LogP contribution is 2.37. The normalized spacial score (nSPS) is 12.8. The summed E-state index contributed by atoms with van der Waals surface area (Å²) < 4.78 is 10.4. The highest BCUT2D eigenvalue weighted by Gasteiger charge is 2.18. The lowest BCUT2D eigenvalue weighted by Gasteiger charge is -2.16. The summed E-state index contributed by atoms with van der Waals surface area (Å²) in [5.41, 5.74) is 0.700. The summed E-state index contributed by atoms with van der Waals surface area (Å²) in [4.78, 5) is 13.0. The van der Waals surface area contributed by atoms with Crippen molar-refractivity contribution < 1.29 is 19.4 Å². The number of benzene rings is 1. The fourth-order valence-corrected chi connectivity index (χ4v) is 1.77. The number of hydrogen-bond donors (Lipinski definition) is 2. The smallest absolute Gasteiger partial charge is 0.233 e. The third-order valence-electron chi connectivity index (χ3n) is 2.71. The minimum absolute atomic E-state index is 0.0715. The van der Waals surface area contributed by atoms with E-state index in [-0.39, 0.29) is 25.0 Å². The first-order valence-corrected chi connectivity index (χ1v) is 5.60. The molecule has 0 unspecified atom stereocenters. The minimum Gasteiger partial charge on any atom is -0.507 e. The van der Waals surface area contributed by atoms with Gasteiger partial charge < -0.3 is 19.9 Å². The fourth-order valence-electron chi connectivity index (χ4n) is 1.77.